The summed E-state index contributed by atoms with van der Waals surface area (Å²) >= 11 is 0. The summed E-state index contributed by atoms with van der Waals surface area (Å²) in [6, 6.07) is 2.23. The van der Waals surface area contributed by atoms with Crippen LogP contribution in [0.25, 0.3) is 0 Å². The Hall–Kier alpha value is -2.22. The molecule has 2 aliphatic rings. The Morgan fingerprint density at radius 1 is 1.00 bits per heavy atom. The first kappa shape index (κ1) is 24.4. The third kappa shape index (κ3) is 7.73. The van der Waals surface area contributed by atoms with Gasteiger partial charge in [0.25, 0.3) is 0 Å². The second-order valence-corrected chi connectivity index (χ2v) is 8.51. The van der Waals surface area contributed by atoms with Crippen LogP contribution in [0.3, 0.4) is 0 Å². The number of hydrogen-bond donors (Lipinski definition) is 0. The van der Waals surface area contributed by atoms with Gasteiger partial charge in [0.05, 0.1) is 11.7 Å². The molecule has 1 aliphatic carbocycles. The average molecular weight is 451 g/mol. The monoisotopic (exact) mass is 450 g/mol. The van der Waals surface area contributed by atoms with Crippen molar-refractivity contribution in [2.45, 2.75) is 70.6 Å². The van der Waals surface area contributed by atoms with E-state index in [1.807, 2.05) is 12.4 Å². The van der Waals surface area contributed by atoms with Crippen molar-refractivity contribution in [3.8, 4) is 0 Å². The minimum absolute atomic E-state index is 0.539. The van der Waals surface area contributed by atoms with E-state index in [2.05, 4.69) is 26.8 Å². The van der Waals surface area contributed by atoms with Gasteiger partial charge in [0.15, 0.2) is 0 Å². The maximum Gasteiger partial charge on any atom is 0.417 e. The fourth-order valence-electron chi connectivity index (χ4n) is 4.03. The number of halogens is 3. The molecule has 2 aromatic heterocycles. The van der Waals surface area contributed by atoms with Crippen LogP contribution in [-0.2, 0) is 17.3 Å². The quantitative estimate of drug-likeness (QED) is 0.584. The van der Waals surface area contributed by atoms with Crippen molar-refractivity contribution in [2.75, 3.05) is 24.6 Å². The van der Waals surface area contributed by atoms with Gasteiger partial charge in [-0.15, -0.1) is 0 Å². The van der Waals surface area contributed by atoms with Crippen molar-refractivity contribution in [3.05, 3.63) is 48.0 Å². The maximum atomic E-state index is 11.7. The van der Waals surface area contributed by atoms with Crippen LogP contribution in [0.5, 0.6) is 0 Å². The summed E-state index contributed by atoms with van der Waals surface area (Å²) in [5, 5.41) is 0. The Kier molecular flexibility index (Phi) is 9.26. The predicted molar refractivity (Wildman–Crippen MR) is 118 cm³/mol. The summed E-state index contributed by atoms with van der Waals surface area (Å²) in [7, 11) is 0. The van der Waals surface area contributed by atoms with Crippen LogP contribution in [0.15, 0.2) is 36.9 Å². The Bertz CT molecular complexity index is 772. The third-order valence-electron chi connectivity index (χ3n) is 6.11. The minimum Gasteiger partial charge on any atom is -0.378 e. The lowest BCUT2D eigenvalue weighted by Gasteiger charge is -2.33. The zero-order valence-corrected chi connectivity index (χ0v) is 18.7. The van der Waals surface area contributed by atoms with E-state index < -0.39 is 11.7 Å². The van der Waals surface area contributed by atoms with Crippen molar-refractivity contribution >= 4 is 5.95 Å². The molecule has 0 bridgehead atoms. The van der Waals surface area contributed by atoms with Crippen LogP contribution in [0.1, 0.15) is 63.0 Å². The van der Waals surface area contributed by atoms with Crippen molar-refractivity contribution in [1.82, 2.24) is 15.0 Å². The Morgan fingerprint density at radius 2 is 1.69 bits per heavy atom. The molecule has 2 aromatic rings. The highest BCUT2D eigenvalue weighted by Gasteiger charge is 2.30. The molecule has 176 valence electrons. The predicted octanol–water partition coefficient (Wildman–Crippen LogP) is 5.71. The van der Waals surface area contributed by atoms with Gasteiger partial charge >= 0.3 is 6.18 Å². The number of hydrogen-bond acceptors (Lipinski definition) is 5. The fraction of sp³-hybridized carbons (Fsp3) is 0.625. The number of rotatable bonds is 5. The molecule has 5 nitrogen and oxygen atoms in total. The first-order chi connectivity index (χ1) is 15.5. The third-order valence-corrected chi connectivity index (χ3v) is 6.11. The van der Waals surface area contributed by atoms with Gasteiger partial charge in [-0.2, -0.15) is 13.2 Å². The van der Waals surface area contributed by atoms with E-state index in [4.69, 9.17) is 4.74 Å². The minimum atomic E-state index is -4.27. The summed E-state index contributed by atoms with van der Waals surface area (Å²) in [6.07, 6.45) is 12.3. The second kappa shape index (κ2) is 12.1. The van der Waals surface area contributed by atoms with Crippen LogP contribution >= 0.6 is 0 Å². The Labute approximate surface area is 188 Å². The first-order valence-corrected chi connectivity index (χ1v) is 11.6. The average Bonchev–Trinajstić information content (AvgIpc) is 2.84. The van der Waals surface area contributed by atoms with E-state index >= 15 is 0 Å². The van der Waals surface area contributed by atoms with Gasteiger partial charge in [-0.05, 0) is 55.7 Å². The fourth-order valence-corrected chi connectivity index (χ4v) is 4.03. The highest BCUT2D eigenvalue weighted by Crippen LogP contribution is 2.28. The Balaban J connectivity index is 0.000000243. The highest BCUT2D eigenvalue weighted by molar-refractivity contribution is 5.30. The number of nitrogens with zero attached hydrogens (tertiary/aromatic N) is 4. The summed E-state index contributed by atoms with van der Waals surface area (Å²) in [5.41, 5.74) is 0.495. The lowest BCUT2D eigenvalue weighted by Crippen LogP contribution is -2.36. The maximum absolute atomic E-state index is 11.7. The molecule has 1 saturated carbocycles. The van der Waals surface area contributed by atoms with E-state index in [-0.39, 0.29) is 0 Å². The van der Waals surface area contributed by atoms with Gasteiger partial charge in [-0.1, -0.05) is 26.2 Å². The number of aryl methyl sites for hydroxylation is 1. The normalized spacial score (nSPS) is 18.2. The SMILES string of the molecule is CCc1cnc(N2CCC(COC3CCCCC3)CC2)nc1.FC(F)(F)c1cccnc1. The van der Waals surface area contributed by atoms with Gasteiger partial charge in [0, 0.05) is 44.5 Å². The standard InChI is InChI=1S/C18H29N3O.C6H4F3N/c1-2-15-12-19-18(20-13-15)21-10-8-16(9-11-21)14-22-17-6-4-3-5-7-17;7-6(8,9)5-2-1-3-10-4-5/h12-13,16-17H,2-11,14H2,1H3;1-4H. The Morgan fingerprint density at radius 3 is 2.22 bits per heavy atom. The van der Waals surface area contributed by atoms with E-state index in [0.717, 1.165) is 44.3 Å². The number of pyridine rings is 1. The summed E-state index contributed by atoms with van der Waals surface area (Å²) in [6.45, 7) is 5.21. The number of alkyl halides is 3. The van der Waals surface area contributed by atoms with Crippen LogP contribution in [0.2, 0.25) is 0 Å². The molecular weight excluding hydrogens is 417 g/mol. The number of anilines is 1. The van der Waals surface area contributed by atoms with Gasteiger partial charge in [0.2, 0.25) is 5.95 Å². The molecule has 32 heavy (non-hydrogen) atoms. The molecule has 0 unspecified atom stereocenters. The molecule has 4 rings (SSSR count). The van der Waals surface area contributed by atoms with Crippen LogP contribution in [-0.4, -0.2) is 40.8 Å². The molecule has 3 heterocycles. The molecular formula is C24H33F3N4O. The van der Waals surface area contributed by atoms with Crippen LogP contribution in [0, 0.1) is 5.92 Å². The molecule has 0 aromatic carbocycles. The zero-order chi connectivity index (χ0) is 22.8. The number of ether oxygens (including phenoxy) is 1. The molecule has 1 saturated heterocycles. The van der Waals surface area contributed by atoms with Gasteiger partial charge < -0.3 is 9.64 Å². The summed E-state index contributed by atoms with van der Waals surface area (Å²) in [5.74, 6) is 1.61. The lowest BCUT2D eigenvalue weighted by atomic mass is 9.96. The van der Waals surface area contributed by atoms with E-state index in [9.17, 15) is 13.2 Å². The van der Waals surface area contributed by atoms with Gasteiger partial charge in [-0.25, -0.2) is 9.97 Å². The van der Waals surface area contributed by atoms with E-state index in [1.54, 1.807) is 0 Å². The van der Waals surface area contributed by atoms with Gasteiger partial charge in [0.1, 0.15) is 0 Å². The van der Waals surface area contributed by atoms with Gasteiger partial charge in [-0.3, -0.25) is 4.98 Å². The molecule has 0 radical (unpaired) electrons. The van der Waals surface area contributed by atoms with Crippen LogP contribution in [0.4, 0.5) is 19.1 Å². The highest BCUT2D eigenvalue weighted by atomic mass is 19.4. The van der Waals surface area contributed by atoms with Crippen molar-refractivity contribution < 1.29 is 17.9 Å². The molecule has 0 amide bonds. The topological polar surface area (TPSA) is 51.1 Å². The molecule has 8 heteroatoms. The van der Waals surface area contributed by atoms with E-state index in [0.29, 0.717) is 12.0 Å². The van der Waals surface area contributed by atoms with Crippen molar-refractivity contribution in [1.29, 1.82) is 0 Å². The van der Waals surface area contributed by atoms with Crippen molar-refractivity contribution in [3.63, 3.8) is 0 Å². The summed E-state index contributed by atoms with van der Waals surface area (Å²) in [4.78, 5) is 14.6. The molecule has 1 aliphatic heterocycles. The largest absolute Gasteiger partial charge is 0.417 e. The van der Waals surface area contributed by atoms with Crippen molar-refractivity contribution in [2.24, 2.45) is 5.92 Å². The zero-order valence-electron chi connectivity index (χ0n) is 18.7. The number of aromatic nitrogens is 3. The molecule has 0 atom stereocenters. The smallest absolute Gasteiger partial charge is 0.378 e. The molecule has 0 spiro atoms. The second-order valence-electron chi connectivity index (χ2n) is 8.51. The summed E-state index contributed by atoms with van der Waals surface area (Å²) < 4.78 is 41.4. The lowest BCUT2D eigenvalue weighted by molar-refractivity contribution is -0.137. The molecule has 0 N–H and O–H groups in total. The van der Waals surface area contributed by atoms with E-state index in [1.165, 1.54) is 62.8 Å². The number of piperidine rings is 1. The van der Waals surface area contributed by atoms with Crippen LogP contribution < -0.4 is 4.90 Å². The molecule has 2 fully saturated rings. The first-order valence-electron chi connectivity index (χ1n) is 11.6.